The van der Waals surface area contributed by atoms with Gasteiger partial charge in [-0.2, -0.15) is 5.26 Å². The average molecular weight is 460 g/mol. The molecule has 0 unspecified atom stereocenters. The minimum absolute atomic E-state index is 0.249. The summed E-state index contributed by atoms with van der Waals surface area (Å²) in [6.45, 7) is 4.66. The Morgan fingerprint density at radius 2 is 1.94 bits per heavy atom. The Morgan fingerprint density at radius 1 is 1.21 bits per heavy atom. The van der Waals surface area contributed by atoms with E-state index in [1.54, 1.807) is 4.90 Å². The monoisotopic (exact) mass is 459 g/mol. The van der Waals surface area contributed by atoms with E-state index in [4.69, 9.17) is 15.3 Å². The van der Waals surface area contributed by atoms with E-state index in [1.807, 2.05) is 49.4 Å². The number of benzene rings is 2. The second-order valence-electron chi connectivity index (χ2n) is 8.70. The smallest absolute Gasteiger partial charge is 0.339 e. The summed E-state index contributed by atoms with van der Waals surface area (Å²) in [5.74, 6) is 6.96. The summed E-state index contributed by atoms with van der Waals surface area (Å²) >= 11 is 0. The highest BCUT2D eigenvalue weighted by Crippen LogP contribution is 2.43. The number of nitrogens with two attached hydrogens (primary N) is 1. The molecule has 2 aromatic carbocycles. The fourth-order valence-corrected chi connectivity index (χ4v) is 4.77. The summed E-state index contributed by atoms with van der Waals surface area (Å²) in [4.78, 5) is 14.4. The number of hydrogen-bond acceptors (Lipinski definition) is 5. The molecule has 1 aliphatic carbocycles. The van der Waals surface area contributed by atoms with E-state index in [0.717, 1.165) is 40.8 Å². The van der Waals surface area contributed by atoms with Gasteiger partial charge in [-0.25, -0.2) is 15.6 Å². The van der Waals surface area contributed by atoms with Crippen LogP contribution in [0.4, 0.5) is 10.5 Å². The largest absolute Gasteiger partial charge is 0.494 e. The van der Waals surface area contributed by atoms with Crippen LogP contribution in [-0.2, 0) is 4.74 Å². The number of amides is 2. The molecule has 0 atom stereocenters. The number of carbonyl (C=O) groups is 1. The predicted molar refractivity (Wildman–Crippen MR) is 131 cm³/mol. The van der Waals surface area contributed by atoms with Gasteiger partial charge in [0, 0.05) is 30.6 Å². The number of hydrogen-bond donors (Lipinski definition) is 1. The molecule has 34 heavy (non-hydrogen) atoms. The third-order valence-electron chi connectivity index (χ3n) is 6.75. The lowest BCUT2D eigenvalue weighted by molar-refractivity contribution is 0.0548. The third kappa shape index (κ3) is 3.87. The van der Waals surface area contributed by atoms with Gasteiger partial charge in [0.1, 0.15) is 11.8 Å². The van der Waals surface area contributed by atoms with E-state index in [2.05, 4.69) is 10.6 Å². The minimum Gasteiger partial charge on any atom is -0.494 e. The number of nitrogens with zero attached hydrogens (tertiary/aromatic N) is 4. The van der Waals surface area contributed by atoms with Crippen molar-refractivity contribution >= 4 is 22.6 Å². The van der Waals surface area contributed by atoms with Crippen molar-refractivity contribution in [1.82, 2.24) is 9.47 Å². The second-order valence-corrected chi connectivity index (χ2v) is 8.70. The van der Waals surface area contributed by atoms with Crippen LogP contribution in [0.3, 0.4) is 0 Å². The van der Waals surface area contributed by atoms with Crippen molar-refractivity contribution < 1.29 is 14.3 Å². The average Bonchev–Trinajstić information content (AvgIpc) is 3.16. The minimum atomic E-state index is -0.249. The summed E-state index contributed by atoms with van der Waals surface area (Å²) in [7, 11) is 0. The number of morpholine rings is 1. The van der Waals surface area contributed by atoms with E-state index >= 15 is 0 Å². The van der Waals surface area contributed by atoms with Gasteiger partial charge in [-0.05, 0) is 56.0 Å². The standard InChI is InChI=1S/C26H29N5O3/c1-2-34-21-10-11-22-23(17-27)25(30(24(22)16-21)19-4-3-5-19)18-6-8-20(9-7-18)31(28)26(32)29-12-14-33-15-13-29/h6-11,16,19H,2-5,12-15,28H2,1H3. The van der Waals surface area contributed by atoms with Gasteiger partial charge in [0.05, 0.1) is 42.3 Å². The molecule has 3 aromatic rings. The van der Waals surface area contributed by atoms with Gasteiger partial charge in [0.15, 0.2) is 0 Å². The number of anilines is 1. The SMILES string of the molecule is CCOc1ccc2c(C#N)c(-c3ccc(N(N)C(=O)N4CCOCC4)cc3)n(C3CCC3)c2c1. The number of hydrazine groups is 1. The molecule has 0 spiro atoms. The predicted octanol–water partition coefficient (Wildman–Crippen LogP) is 4.44. The van der Waals surface area contributed by atoms with Crippen molar-refractivity contribution in [2.75, 3.05) is 37.9 Å². The van der Waals surface area contributed by atoms with Crippen LogP contribution in [-0.4, -0.2) is 48.4 Å². The highest BCUT2D eigenvalue weighted by atomic mass is 16.5. The van der Waals surface area contributed by atoms with Crippen LogP contribution in [0, 0.1) is 11.3 Å². The first kappa shape index (κ1) is 22.3. The molecule has 1 saturated carbocycles. The fourth-order valence-electron chi connectivity index (χ4n) is 4.77. The van der Waals surface area contributed by atoms with Gasteiger partial charge in [0.25, 0.3) is 0 Å². The zero-order valence-electron chi connectivity index (χ0n) is 19.4. The Kier molecular flexibility index (Phi) is 6.14. The third-order valence-corrected chi connectivity index (χ3v) is 6.75. The van der Waals surface area contributed by atoms with Crippen LogP contribution in [0.2, 0.25) is 0 Å². The quantitative estimate of drug-likeness (QED) is 0.346. The molecule has 176 valence electrons. The number of aromatic nitrogens is 1. The number of ether oxygens (including phenoxy) is 2. The van der Waals surface area contributed by atoms with Gasteiger partial charge in [0.2, 0.25) is 0 Å². The lowest BCUT2D eigenvalue weighted by Gasteiger charge is -2.31. The normalized spacial score (nSPS) is 16.2. The first-order valence-electron chi connectivity index (χ1n) is 11.8. The van der Waals surface area contributed by atoms with Crippen molar-refractivity contribution in [3.05, 3.63) is 48.0 Å². The first-order valence-corrected chi connectivity index (χ1v) is 11.8. The lowest BCUT2D eigenvalue weighted by Crippen LogP contribution is -2.51. The summed E-state index contributed by atoms with van der Waals surface area (Å²) in [6.07, 6.45) is 3.36. The van der Waals surface area contributed by atoms with Gasteiger partial charge in [-0.1, -0.05) is 12.1 Å². The van der Waals surface area contributed by atoms with E-state index in [0.29, 0.717) is 50.2 Å². The molecule has 2 aliphatic rings. The maximum atomic E-state index is 12.8. The van der Waals surface area contributed by atoms with Gasteiger partial charge < -0.3 is 18.9 Å². The maximum Gasteiger partial charge on any atom is 0.339 e. The van der Waals surface area contributed by atoms with E-state index in [9.17, 15) is 10.1 Å². The van der Waals surface area contributed by atoms with E-state index in [1.165, 1.54) is 11.4 Å². The molecular weight excluding hydrogens is 430 g/mol. The zero-order valence-corrected chi connectivity index (χ0v) is 19.4. The molecule has 8 nitrogen and oxygen atoms in total. The molecule has 2 heterocycles. The molecule has 1 saturated heterocycles. The summed E-state index contributed by atoms with van der Waals surface area (Å²) in [6, 6.07) is 16.0. The maximum absolute atomic E-state index is 12.8. The Balaban J connectivity index is 1.53. The van der Waals surface area contributed by atoms with Crippen molar-refractivity contribution in [2.45, 2.75) is 32.2 Å². The van der Waals surface area contributed by atoms with Crippen molar-refractivity contribution in [3.8, 4) is 23.1 Å². The Labute approximate surface area is 199 Å². The molecule has 2 fully saturated rings. The molecular formula is C26H29N5O3. The number of fused-ring (bicyclic) bond motifs is 1. The molecule has 8 heteroatoms. The van der Waals surface area contributed by atoms with Crippen molar-refractivity contribution in [3.63, 3.8) is 0 Å². The van der Waals surface area contributed by atoms with Crippen LogP contribution in [0.1, 0.15) is 37.8 Å². The molecule has 2 N–H and O–H groups in total. The second kappa shape index (κ2) is 9.37. The van der Waals surface area contributed by atoms with Crippen LogP contribution in [0.5, 0.6) is 5.75 Å². The topological polar surface area (TPSA) is 96.8 Å². The van der Waals surface area contributed by atoms with Crippen molar-refractivity contribution in [1.29, 1.82) is 5.26 Å². The van der Waals surface area contributed by atoms with Crippen molar-refractivity contribution in [2.24, 2.45) is 5.84 Å². The van der Waals surface area contributed by atoms with Crippen LogP contribution < -0.4 is 15.6 Å². The number of urea groups is 1. The Bertz CT molecular complexity index is 1230. The lowest BCUT2D eigenvalue weighted by atomic mass is 9.92. The molecule has 2 amide bonds. The highest BCUT2D eigenvalue weighted by Gasteiger charge is 2.28. The van der Waals surface area contributed by atoms with Gasteiger partial charge in [-0.3, -0.25) is 0 Å². The van der Waals surface area contributed by atoms with Crippen LogP contribution >= 0.6 is 0 Å². The van der Waals surface area contributed by atoms with Crippen LogP contribution in [0.25, 0.3) is 22.2 Å². The Morgan fingerprint density at radius 3 is 2.56 bits per heavy atom. The van der Waals surface area contributed by atoms with Gasteiger partial charge >= 0.3 is 6.03 Å². The van der Waals surface area contributed by atoms with E-state index in [-0.39, 0.29) is 6.03 Å². The summed E-state index contributed by atoms with van der Waals surface area (Å²) in [5.41, 5.74) is 4.11. The van der Waals surface area contributed by atoms with Gasteiger partial charge in [-0.15, -0.1) is 0 Å². The highest BCUT2D eigenvalue weighted by molar-refractivity contribution is 5.96. The van der Waals surface area contributed by atoms with E-state index < -0.39 is 0 Å². The fraction of sp³-hybridized carbons (Fsp3) is 0.385. The Hall–Kier alpha value is -3.54. The zero-order chi connectivity index (χ0) is 23.7. The van der Waals surface area contributed by atoms with Crippen LogP contribution in [0.15, 0.2) is 42.5 Å². The molecule has 5 rings (SSSR count). The molecule has 0 radical (unpaired) electrons. The number of nitriles is 1. The summed E-state index contributed by atoms with van der Waals surface area (Å²) < 4.78 is 13.4. The number of carbonyl (C=O) groups excluding carboxylic acids is 1. The molecule has 1 aromatic heterocycles. The first-order chi connectivity index (χ1) is 16.6. The summed E-state index contributed by atoms with van der Waals surface area (Å²) in [5, 5.41) is 12.2. The number of rotatable bonds is 5. The molecule has 0 bridgehead atoms. The molecule has 1 aliphatic heterocycles.